The summed E-state index contributed by atoms with van der Waals surface area (Å²) in [6.45, 7) is 6.72. The smallest absolute Gasteiger partial charge is 0.293 e. The van der Waals surface area contributed by atoms with Gasteiger partial charge < -0.3 is 9.73 Å². The number of carbonyl (C=O) groups is 1. The maximum absolute atomic E-state index is 12.7. The van der Waals surface area contributed by atoms with Gasteiger partial charge in [0.05, 0.1) is 10.5 Å². The standard InChI is InChI=1S/C25H24N4O4S2/c1-25(2,3)15-7-8-17-18(13-26)23(35-21(17)12-15)28-24(34)27-22(30)20-10-9-19(33-20)14-5-4-6-16(11-14)29(31)32/h4-6,9-11,15H,7-8,12H2,1-3H3,(H2,27,28,30,34)/t15-/m0/s1. The summed E-state index contributed by atoms with van der Waals surface area (Å²) < 4.78 is 5.60. The molecule has 2 heterocycles. The molecular weight excluding hydrogens is 484 g/mol. The van der Waals surface area contributed by atoms with E-state index in [-0.39, 0.29) is 22.0 Å². The number of nitrogens with one attached hydrogen (secondary N) is 2. The number of rotatable bonds is 4. The van der Waals surface area contributed by atoms with Gasteiger partial charge in [0, 0.05) is 22.6 Å². The Labute approximate surface area is 212 Å². The van der Waals surface area contributed by atoms with Crippen LogP contribution >= 0.6 is 23.6 Å². The number of amides is 1. The highest BCUT2D eigenvalue weighted by Gasteiger charge is 2.32. The van der Waals surface area contributed by atoms with E-state index in [1.54, 1.807) is 18.2 Å². The van der Waals surface area contributed by atoms with Crippen LogP contribution in [-0.4, -0.2) is 15.9 Å². The van der Waals surface area contributed by atoms with Crippen LogP contribution in [0.15, 0.2) is 40.8 Å². The number of thiophene rings is 1. The fraction of sp³-hybridized carbons (Fsp3) is 0.320. The average Bonchev–Trinajstić information content (AvgIpc) is 3.42. The summed E-state index contributed by atoms with van der Waals surface area (Å²) in [7, 11) is 0. The van der Waals surface area contributed by atoms with E-state index in [2.05, 4.69) is 37.5 Å². The van der Waals surface area contributed by atoms with Gasteiger partial charge in [0.15, 0.2) is 10.9 Å². The van der Waals surface area contributed by atoms with E-state index in [4.69, 9.17) is 16.6 Å². The molecule has 35 heavy (non-hydrogen) atoms. The molecule has 1 amide bonds. The van der Waals surface area contributed by atoms with Crippen molar-refractivity contribution in [3.05, 3.63) is 68.3 Å². The van der Waals surface area contributed by atoms with Crippen molar-refractivity contribution < 1.29 is 14.1 Å². The largest absolute Gasteiger partial charge is 0.451 e. The van der Waals surface area contributed by atoms with E-state index in [1.165, 1.54) is 34.4 Å². The number of anilines is 1. The van der Waals surface area contributed by atoms with Crippen molar-refractivity contribution >= 4 is 45.3 Å². The fourth-order valence-corrected chi connectivity index (χ4v) is 5.76. The third-order valence-corrected chi connectivity index (χ3v) is 7.60. The Hall–Kier alpha value is -3.55. The van der Waals surface area contributed by atoms with Crippen molar-refractivity contribution in [2.75, 3.05) is 5.32 Å². The van der Waals surface area contributed by atoms with Gasteiger partial charge in [-0.3, -0.25) is 20.2 Å². The molecule has 0 saturated heterocycles. The van der Waals surface area contributed by atoms with Crippen LogP contribution in [0.2, 0.25) is 0 Å². The minimum absolute atomic E-state index is 0.00894. The first-order valence-corrected chi connectivity index (χ1v) is 12.3. The first kappa shape index (κ1) is 24.6. The summed E-state index contributed by atoms with van der Waals surface area (Å²) in [6.07, 6.45) is 2.81. The summed E-state index contributed by atoms with van der Waals surface area (Å²) in [5.74, 6) is 0.309. The average molecular weight is 509 g/mol. The Balaban J connectivity index is 1.45. The molecule has 0 fully saturated rings. The van der Waals surface area contributed by atoms with E-state index in [9.17, 15) is 20.2 Å². The van der Waals surface area contributed by atoms with Crippen LogP contribution in [0.5, 0.6) is 0 Å². The predicted octanol–water partition coefficient (Wildman–Crippen LogP) is 6.07. The zero-order valence-corrected chi connectivity index (χ0v) is 21.1. The molecule has 0 unspecified atom stereocenters. The van der Waals surface area contributed by atoms with E-state index in [0.29, 0.717) is 27.8 Å². The van der Waals surface area contributed by atoms with Gasteiger partial charge >= 0.3 is 0 Å². The van der Waals surface area contributed by atoms with Gasteiger partial charge in [0.1, 0.15) is 16.8 Å². The monoisotopic (exact) mass is 508 g/mol. The number of hydrogen-bond donors (Lipinski definition) is 2. The van der Waals surface area contributed by atoms with E-state index in [0.717, 1.165) is 24.8 Å². The lowest BCUT2D eigenvalue weighted by Gasteiger charge is -2.33. The second-order valence-corrected chi connectivity index (χ2v) is 11.0. The summed E-state index contributed by atoms with van der Waals surface area (Å²) >= 11 is 6.84. The molecule has 1 aliphatic rings. The second kappa shape index (κ2) is 9.60. The molecule has 10 heteroatoms. The van der Waals surface area contributed by atoms with Crippen molar-refractivity contribution in [2.24, 2.45) is 11.3 Å². The number of nitrogens with zero attached hydrogens (tertiary/aromatic N) is 2. The van der Waals surface area contributed by atoms with Crippen LogP contribution in [0.3, 0.4) is 0 Å². The number of furan rings is 1. The highest BCUT2D eigenvalue weighted by Crippen LogP contribution is 2.44. The maximum Gasteiger partial charge on any atom is 0.293 e. The number of hydrogen-bond acceptors (Lipinski definition) is 7. The van der Waals surface area contributed by atoms with Crippen molar-refractivity contribution in [2.45, 2.75) is 40.0 Å². The molecule has 0 aliphatic heterocycles. The molecule has 1 atom stereocenters. The van der Waals surface area contributed by atoms with Crippen molar-refractivity contribution in [1.82, 2.24) is 5.32 Å². The summed E-state index contributed by atoms with van der Waals surface area (Å²) in [6, 6.07) is 11.3. The molecule has 0 spiro atoms. The first-order chi connectivity index (χ1) is 16.6. The highest BCUT2D eigenvalue weighted by molar-refractivity contribution is 7.80. The van der Waals surface area contributed by atoms with Crippen molar-refractivity contribution in [3.8, 4) is 17.4 Å². The lowest BCUT2D eigenvalue weighted by Crippen LogP contribution is -2.33. The number of nitro benzene ring substituents is 1. The minimum atomic E-state index is -0.563. The molecule has 4 rings (SSSR count). The van der Waals surface area contributed by atoms with Gasteiger partial charge in [-0.25, -0.2) is 0 Å². The highest BCUT2D eigenvalue weighted by atomic mass is 32.1. The molecule has 1 aromatic carbocycles. The topological polar surface area (TPSA) is 121 Å². The quantitative estimate of drug-likeness (QED) is 0.249. The molecule has 1 aliphatic carbocycles. The zero-order valence-electron chi connectivity index (χ0n) is 19.5. The Morgan fingerprint density at radius 3 is 2.77 bits per heavy atom. The summed E-state index contributed by atoms with van der Waals surface area (Å²) in [5.41, 5.74) is 2.26. The summed E-state index contributed by atoms with van der Waals surface area (Å²) in [5, 5.41) is 27.1. The molecular formula is C25H24N4O4S2. The van der Waals surface area contributed by atoms with Gasteiger partial charge in [-0.15, -0.1) is 11.3 Å². The predicted molar refractivity (Wildman–Crippen MR) is 138 cm³/mol. The lowest BCUT2D eigenvalue weighted by molar-refractivity contribution is -0.384. The number of nitriles is 1. The van der Waals surface area contributed by atoms with Gasteiger partial charge in [-0.2, -0.15) is 5.26 Å². The SMILES string of the molecule is CC(C)(C)[C@H]1CCc2c(sc(NC(=S)NC(=O)c3ccc(-c4cccc([N+](=O)[O-])c4)o3)c2C#N)C1. The van der Waals surface area contributed by atoms with E-state index < -0.39 is 10.8 Å². The number of nitro groups is 1. The lowest BCUT2D eigenvalue weighted by atomic mass is 9.72. The molecule has 3 aromatic rings. The Kier molecular flexibility index (Phi) is 6.74. The van der Waals surface area contributed by atoms with Gasteiger partial charge in [0.25, 0.3) is 11.6 Å². The minimum Gasteiger partial charge on any atom is -0.451 e. The number of fused-ring (bicyclic) bond motifs is 1. The van der Waals surface area contributed by atoms with Crippen LogP contribution in [0.1, 0.15) is 53.8 Å². The van der Waals surface area contributed by atoms with E-state index >= 15 is 0 Å². The van der Waals surface area contributed by atoms with Gasteiger partial charge in [0.2, 0.25) is 0 Å². The van der Waals surface area contributed by atoms with Gasteiger partial charge in [-0.1, -0.05) is 32.9 Å². The van der Waals surface area contributed by atoms with Crippen molar-refractivity contribution in [3.63, 3.8) is 0 Å². The Morgan fingerprint density at radius 2 is 2.09 bits per heavy atom. The van der Waals surface area contributed by atoms with E-state index in [1.807, 2.05) is 0 Å². The normalized spacial score (nSPS) is 15.1. The molecule has 2 aromatic heterocycles. The van der Waals surface area contributed by atoms with Crippen molar-refractivity contribution in [1.29, 1.82) is 5.26 Å². The number of thiocarbonyl (C=S) groups is 1. The maximum atomic E-state index is 12.7. The zero-order chi connectivity index (χ0) is 25.3. The Bertz CT molecular complexity index is 1360. The number of non-ortho nitro benzene ring substituents is 1. The van der Waals surface area contributed by atoms with Crippen LogP contribution in [-0.2, 0) is 12.8 Å². The fourth-order valence-electron chi connectivity index (χ4n) is 4.22. The van der Waals surface area contributed by atoms with Crippen LogP contribution in [0, 0.1) is 32.8 Å². The molecule has 0 bridgehead atoms. The number of carbonyl (C=O) groups excluding carboxylic acids is 1. The van der Waals surface area contributed by atoms with Crippen LogP contribution in [0.25, 0.3) is 11.3 Å². The summed E-state index contributed by atoms with van der Waals surface area (Å²) in [4.78, 5) is 24.4. The Morgan fingerprint density at radius 1 is 1.31 bits per heavy atom. The van der Waals surface area contributed by atoms with Crippen LogP contribution in [0.4, 0.5) is 10.7 Å². The molecule has 180 valence electrons. The second-order valence-electron chi connectivity index (χ2n) is 9.51. The third kappa shape index (κ3) is 5.26. The molecule has 2 N–H and O–H groups in total. The molecule has 8 nitrogen and oxygen atoms in total. The molecule has 0 saturated carbocycles. The van der Waals surface area contributed by atoms with Gasteiger partial charge in [-0.05, 0) is 60.5 Å². The molecule has 0 radical (unpaired) electrons. The number of benzene rings is 1. The first-order valence-electron chi connectivity index (χ1n) is 11.1. The van der Waals surface area contributed by atoms with Crippen LogP contribution < -0.4 is 10.6 Å². The third-order valence-electron chi connectivity index (χ3n) is 6.23.